The van der Waals surface area contributed by atoms with Gasteiger partial charge in [-0.2, -0.15) is 18.3 Å². The first-order valence-electron chi connectivity index (χ1n) is 8.50. The Morgan fingerprint density at radius 2 is 1.75 bits per heavy atom. The lowest BCUT2D eigenvalue weighted by Crippen LogP contribution is -2.28. The molecule has 0 unspecified atom stereocenters. The van der Waals surface area contributed by atoms with Crippen molar-refractivity contribution in [2.75, 3.05) is 6.54 Å². The number of nitrogens with zero attached hydrogens (tertiary/aromatic N) is 2. The summed E-state index contributed by atoms with van der Waals surface area (Å²) in [6.45, 7) is 2.02. The van der Waals surface area contributed by atoms with E-state index in [-0.39, 0.29) is 12.2 Å². The molecule has 0 saturated carbocycles. The fourth-order valence-corrected chi connectivity index (χ4v) is 2.86. The molecule has 1 N–H and O–H groups in total. The summed E-state index contributed by atoms with van der Waals surface area (Å²) in [4.78, 5) is 12.4. The molecular formula is C20H17ClF3N3O. The van der Waals surface area contributed by atoms with Crippen LogP contribution >= 0.6 is 11.6 Å². The Balaban J connectivity index is 1.79. The highest BCUT2D eigenvalue weighted by atomic mass is 35.5. The molecule has 1 aromatic heterocycles. The Bertz CT molecular complexity index is 964. The molecule has 28 heavy (non-hydrogen) atoms. The van der Waals surface area contributed by atoms with Gasteiger partial charge in [-0.15, -0.1) is 0 Å². The number of hydrogen-bond acceptors (Lipinski definition) is 2. The van der Waals surface area contributed by atoms with Crippen molar-refractivity contribution >= 4 is 17.5 Å². The maximum atomic E-state index is 13.6. The first kappa shape index (κ1) is 19.9. The highest BCUT2D eigenvalue weighted by molar-refractivity contribution is 6.30. The van der Waals surface area contributed by atoms with Crippen LogP contribution in [-0.4, -0.2) is 22.2 Å². The summed E-state index contributed by atoms with van der Waals surface area (Å²) in [5, 5.41) is 6.91. The third-order valence-corrected chi connectivity index (χ3v) is 4.43. The number of nitrogens with one attached hydrogen (secondary N) is 1. The summed E-state index contributed by atoms with van der Waals surface area (Å²) in [5.41, 5.74) is 0.448. The Morgan fingerprint density at radius 3 is 2.36 bits per heavy atom. The smallest absolute Gasteiger partial charge is 0.352 e. The van der Waals surface area contributed by atoms with Crippen LogP contribution < -0.4 is 5.32 Å². The van der Waals surface area contributed by atoms with Crippen molar-refractivity contribution < 1.29 is 18.0 Å². The van der Waals surface area contributed by atoms with Crippen molar-refractivity contribution in [3.05, 3.63) is 82.1 Å². The average Bonchev–Trinajstić information content (AvgIpc) is 3.09. The molecule has 2 aromatic carbocycles. The largest absolute Gasteiger partial charge is 0.434 e. The van der Waals surface area contributed by atoms with Crippen LogP contribution in [0, 0.1) is 6.92 Å². The number of benzene rings is 2. The van der Waals surface area contributed by atoms with Gasteiger partial charge in [0.2, 0.25) is 0 Å². The molecule has 0 aliphatic carbocycles. The van der Waals surface area contributed by atoms with E-state index in [1.165, 1.54) is 12.1 Å². The van der Waals surface area contributed by atoms with Crippen molar-refractivity contribution in [3.8, 4) is 5.69 Å². The molecule has 8 heteroatoms. The highest BCUT2D eigenvalue weighted by Crippen LogP contribution is 2.33. The molecule has 0 atom stereocenters. The molecule has 3 rings (SSSR count). The second kappa shape index (κ2) is 8.06. The van der Waals surface area contributed by atoms with Crippen LogP contribution in [0.3, 0.4) is 0 Å². The van der Waals surface area contributed by atoms with Gasteiger partial charge in [0, 0.05) is 11.6 Å². The van der Waals surface area contributed by atoms with E-state index in [9.17, 15) is 18.0 Å². The second-order valence-corrected chi connectivity index (χ2v) is 6.72. The van der Waals surface area contributed by atoms with Gasteiger partial charge >= 0.3 is 6.18 Å². The summed E-state index contributed by atoms with van der Waals surface area (Å²) < 4.78 is 41.7. The fraction of sp³-hybridized carbons (Fsp3) is 0.200. The maximum absolute atomic E-state index is 13.6. The van der Waals surface area contributed by atoms with Crippen LogP contribution in [0.5, 0.6) is 0 Å². The highest BCUT2D eigenvalue weighted by Gasteiger charge is 2.40. The molecule has 1 amide bonds. The SMILES string of the molecule is Cc1ccc(-n2ncc(C(=O)NCCc3ccc(Cl)cc3)c2C(F)(F)F)cc1. The molecular weight excluding hydrogens is 391 g/mol. The predicted molar refractivity (Wildman–Crippen MR) is 101 cm³/mol. The first-order chi connectivity index (χ1) is 13.3. The van der Waals surface area contributed by atoms with Crippen molar-refractivity contribution in [2.24, 2.45) is 0 Å². The molecule has 4 nitrogen and oxygen atoms in total. The number of hydrogen-bond donors (Lipinski definition) is 1. The summed E-state index contributed by atoms with van der Waals surface area (Å²) in [6, 6.07) is 13.4. The molecule has 0 spiro atoms. The molecule has 0 aliphatic heterocycles. The predicted octanol–water partition coefficient (Wildman–Crippen LogP) is 4.83. The Labute approximate surface area is 164 Å². The van der Waals surface area contributed by atoms with E-state index in [2.05, 4.69) is 10.4 Å². The number of aryl methyl sites for hydroxylation is 1. The van der Waals surface area contributed by atoms with Gasteiger partial charge in [0.05, 0.1) is 17.4 Å². The van der Waals surface area contributed by atoms with Crippen LogP contribution in [0.2, 0.25) is 5.02 Å². The molecule has 3 aromatic rings. The average molecular weight is 408 g/mol. The van der Waals surface area contributed by atoms with E-state index in [1.54, 1.807) is 36.4 Å². The van der Waals surface area contributed by atoms with Crippen LogP contribution in [0.25, 0.3) is 5.69 Å². The minimum Gasteiger partial charge on any atom is -0.352 e. The molecule has 146 valence electrons. The van der Waals surface area contributed by atoms with Gasteiger partial charge in [0.25, 0.3) is 5.91 Å². The summed E-state index contributed by atoms with van der Waals surface area (Å²) in [6.07, 6.45) is -3.32. The van der Waals surface area contributed by atoms with E-state index < -0.39 is 23.3 Å². The molecule has 0 saturated heterocycles. The van der Waals surface area contributed by atoms with Gasteiger partial charge in [-0.25, -0.2) is 4.68 Å². The van der Waals surface area contributed by atoms with Crippen molar-refractivity contribution in [1.29, 1.82) is 0 Å². The minimum atomic E-state index is -4.73. The lowest BCUT2D eigenvalue weighted by Gasteiger charge is -2.13. The van der Waals surface area contributed by atoms with Gasteiger partial charge in [-0.3, -0.25) is 4.79 Å². The normalized spacial score (nSPS) is 11.5. The lowest BCUT2D eigenvalue weighted by atomic mass is 10.1. The van der Waals surface area contributed by atoms with E-state index in [0.717, 1.165) is 22.0 Å². The Kier molecular flexibility index (Phi) is 5.74. The number of alkyl halides is 3. The van der Waals surface area contributed by atoms with E-state index >= 15 is 0 Å². The monoisotopic (exact) mass is 407 g/mol. The van der Waals surface area contributed by atoms with Crippen LogP contribution in [0.15, 0.2) is 54.7 Å². The van der Waals surface area contributed by atoms with Gasteiger partial charge < -0.3 is 5.32 Å². The van der Waals surface area contributed by atoms with Crippen LogP contribution in [-0.2, 0) is 12.6 Å². The van der Waals surface area contributed by atoms with E-state index in [1.807, 2.05) is 6.92 Å². The lowest BCUT2D eigenvalue weighted by molar-refractivity contribution is -0.143. The minimum absolute atomic E-state index is 0.188. The van der Waals surface area contributed by atoms with Crippen molar-refractivity contribution in [1.82, 2.24) is 15.1 Å². The number of amides is 1. The summed E-state index contributed by atoms with van der Waals surface area (Å²) in [5.74, 6) is -0.820. The Hall–Kier alpha value is -2.80. The number of aromatic nitrogens is 2. The van der Waals surface area contributed by atoms with Gasteiger partial charge in [0.15, 0.2) is 5.69 Å². The van der Waals surface area contributed by atoms with Gasteiger partial charge in [0.1, 0.15) is 0 Å². The zero-order chi connectivity index (χ0) is 20.3. The molecule has 0 radical (unpaired) electrons. The third kappa shape index (κ3) is 4.54. The maximum Gasteiger partial charge on any atom is 0.434 e. The quantitative estimate of drug-likeness (QED) is 0.658. The molecule has 0 fully saturated rings. The topological polar surface area (TPSA) is 46.9 Å². The van der Waals surface area contributed by atoms with Crippen LogP contribution in [0.1, 0.15) is 27.2 Å². The van der Waals surface area contributed by atoms with E-state index in [4.69, 9.17) is 11.6 Å². The number of carbonyl (C=O) groups excluding carboxylic acids is 1. The first-order valence-corrected chi connectivity index (χ1v) is 8.88. The second-order valence-electron chi connectivity index (χ2n) is 6.28. The van der Waals surface area contributed by atoms with Gasteiger partial charge in [-0.05, 0) is 43.2 Å². The van der Waals surface area contributed by atoms with E-state index in [0.29, 0.717) is 11.4 Å². The van der Waals surface area contributed by atoms with Crippen LogP contribution in [0.4, 0.5) is 13.2 Å². The zero-order valence-corrected chi connectivity index (χ0v) is 15.7. The molecule has 0 bridgehead atoms. The fourth-order valence-electron chi connectivity index (χ4n) is 2.74. The van der Waals surface area contributed by atoms with Gasteiger partial charge in [-0.1, -0.05) is 41.4 Å². The number of carbonyl (C=O) groups is 1. The summed E-state index contributed by atoms with van der Waals surface area (Å²) >= 11 is 5.81. The molecule has 1 heterocycles. The number of rotatable bonds is 5. The zero-order valence-electron chi connectivity index (χ0n) is 14.9. The summed E-state index contributed by atoms with van der Waals surface area (Å²) in [7, 11) is 0. The van der Waals surface area contributed by atoms with Crippen molar-refractivity contribution in [2.45, 2.75) is 19.5 Å². The third-order valence-electron chi connectivity index (χ3n) is 4.17. The van der Waals surface area contributed by atoms with Crippen molar-refractivity contribution in [3.63, 3.8) is 0 Å². The molecule has 0 aliphatic rings. The standard InChI is InChI=1S/C20H17ClF3N3O/c1-13-2-8-16(9-3-13)27-18(20(22,23)24)17(12-26-27)19(28)25-11-10-14-4-6-15(21)7-5-14/h2-9,12H,10-11H2,1H3,(H,25,28). The Morgan fingerprint density at radius 1 is 1.11 bits per heavy atom. The number of halogens is 4.